The van der Waals surface area contributed by atoms with Crippen LogP contribution in [0.25, 0.3) is 0 Å². The van der Waals surface area contributed by atoms with Crippen molar-refractivity contribution in [2.24, 2.45) is 11.1 Å². The third kappa shape index (κ3) is 3.43. The van der Waals surface area contributed by atoms with Crippen LogP contribution in [0.15, 0.2) is 23.1 Å². The normalized spacial score (nSPS) is 22.9. The number of hydrogen-bond donors (Lipinski definition) is 2. The van der Waals surface area contributed by atoms with Gasteiger partial charge in [0.1, 0.15) is 0 Å². The first-order chi connectivity index (χ1) is 8.90. The van der Waals surface area contributed by atoms with E-state index in [0.717, 1.165) is 25.5 Å². The van der Waals surface area contributed by atoms with Gasteiger partial charge in [0.15, 0.2) is 11.6 Å². The zero-order valence-electron chi connectivity index (χ0n) is 10.6. The second kappa shape index (κ2) is 5.44. The molecule has 5 nitrogen and oxygen atoms in total. The van der Waals surface area contributed by atoms with Gasteiger partial charge in [0.2, 0.25) is 10.0 Å². The van der Waals surface area contributed by atoms with Crippen LogP contribution in [0.1, 0.15) is 12.8 Å². The number of primary sulfonamides is 1. The van der Waals surface area contributed by atoms with Gasteiger partial charge in [-0.2, -0.15) is 0 Å². The highest BCUT2D eigenvalue weighted by molar-refractivity contribution is 7.89. The maximum absolute atomic E-state index is 13.7. The predicted octanol–water partition coefficient (Wildman–Crippen LogP) is 0.850. The summed E-state index contributed by atoms with van der Waals surface area (Å²) in [4.78, 5) is -0.251. The van der Waals surface area contributed by atoms with E-state index in [0.29, 0.717) is 5.92 Å². The zero-order valence-corrected chi connectivity index (χ0v) is 11.4. The Morgan fingerprint density at radius 1 is 1.47 bits per heavy atom. The van der Waals surface area contributed by atoms with Gasteiger partial charge in [0, 0.05) is 0 Å². The molecule has 0 amide bonds. The Labute approximate surface area is 112 Å². The summed E-state index contributed by atoms with van der Waals surface area (Å²) in [7, 11) is -1.99. The fourth-order valence-electron chi connectivity index (χ4n) is 2.16. The lowest BCUT2D eigenvalue weighted by Gasteiger charge is -2.35. The van der Waals surface area contributed by atoms with Crippen LogP contribution in [0.3, 0.4) is 0 Å². The van der Waals surface area contributed by atoms with Gasteiger partial charge in [-0.25, -0.2) is 17.9 Å². The number of rotatable bonds is 5. The molecule has 0 heterocycles. The molecule has 0 spiro atoms. The Kier molecular flexibility index (Phi) is 4.07. The molecule has 0 atom stereocenters. The van der Waals surface area contributed by atoms with Crippen LogP contribution in [0.4, 0.5) is 4.39 Å². The van der Waals surface area contributed by atoms with E-state index in [1.807, 2.05) is 7.05 Å². The second-order valence-electron chi connectivity index (χ2n) is 4.77. The molecule has 0 aromatic heterocycles. The van der Waals surface area contributed by atoms with Gasteiger partial charge < -0.3 is 10.1 Å². The minimum absolute atomic E-state index is 0.00631. The van der Waals surface area contributed by atoms with E-state index in [9.17, 15) is 12.8 Å². The number of sulfonamides is 1. The lowest BCUT2D eigenvalue weighted by atomic mass is 9.82. The number of nitrogens with two attached hydrogens (primary N) is 1. The highest BCUT2D eigenvalue weighted by Gasteiger charge is 2.30. The monoisotopic (exact) mass is 288 g/mol. The Bertz CT molecular complexity index is 556. The highest BCUT2D eigenvalue weighted by atomic mass is 32.2. The van der Waals surface area contributed by atoms with Crippen molar-refractivity contribution in [1.82, 2.24) is 5.32 Å². The lowest BCUT2D eigenvalue weighted by Crippen LogP contribution is -2.38. The third-order valence-electron chi connectivity index (χ3n) is 3.21. The Morgan fingerprint density at radius 2 is 2.16 bits per heavy atom. The van der Waals surface area contributed by atoms with Crippen molar-refractivity contribution in [3.8, 4) is 5.75 Å². The van der Waals surface area contributed by atoms with Crippen molar-refractivity contribution in [2.45, 2.75) is 23.8 Å². The maximum atomic E-state index is 13.7. The van der Waals surface area contributed by atoms with Crippen LogP contribution >= 0.6 is 0 Å². The molecule has 1 aliphatic carbocycles. The number of hydrogen-bond acceptors (Lipinski definition) is 4. The van der Waals surface area contributed by atoms with Crippen LogP contribution in [0.5, 0.6) is 5.75 Å². The van der Waals surface area contributed by atoms with Crippen molar-refractivity contribution in [3.05, 3.63) is 24.0 Å². The molecule has 1 aromatic rings. The first-order valence-corrected chi connectivity index (χ1v) is 7.58. The minimum Gasteiger partial charge on any atom is -0.487 e. The van der Waals surface area contributed by atoms with Crippen LogP contribution in [-0.2, 0) is 10.0 Å². The lowest BCUT2D eigenvalue weighted by molar-refractivity contribution is 0.0621. The summed E-state index contributed by atoms with van der Waals surface area (Å²) in [6, 6.07) is 3.44. The van der Waals surface area contributed by atoms with Gasteiger partial charge in [-0.15, -0.1) is 0 Å². The topological polar surface area (TPSA) is 81.4 Å². The van der Waals surface area contributed by atoms with E-state index >= 15 is 0 Å². The quantitative estimate of drug-likeness (QED) is 0.841. The number of benzene rings is 1. The predicted molar refractivity (Wildman–Crippen MR) is 68.8 cm³/mol. The highest BCUT2D eigenvalue weighted by Crippen LogP contribution is 2.32. The van der Waals surface area contributed by atoms with Crippen molar-refractivity contribution in [2.75, 3.05) is 13.6 Å². The standard InChI is InChI=1S/C12H17FN2O3S/c1-15-7-8-4-9(5-8)18-12-3-2-10(6-11(12)13)19(14,16)17/h2-3,6,8-9,15H,4-5,7H2,1H3,(H2,14,16,17). The van der Waals surface area contributed by atoms with Gasteiger partial charge in [0.05, 0.1) is 11.0 Å². The van der Waals surface area contributed by atoms with Crippen LogP contribution < -0.4 is 15.2 Å². The van der Waals surface area contributed by atoms with Gasteiger partial charge in [0.25, 0.3) is 0 Å². The maximum Gasteiger partial charge on any atom is 0.238 e. The van der Waals surface area contributed by atoms with Gasteiger partial charge in [-0.05, 0) is 50.6 Å². The van der Waals surface area contributed by atoms with E-state index in [4.69, 9.17) is 9.88 Å². The average Bonchev–Trinajstić information content (AvgIpc) is 2.27. The Morgan fingerprint density at radius 3 is 2.68 bits per heavy atom. The second-order valence-corrected chi connectivity index (χ2v) is 6.33. The van der Waals surface area contributed by atoms with Gasteiger partial charge >= 0.3 is 0 Å². The summed E-state index contributed by atoms with van der Waals surface area (Å²) in [5, 5.41) is 8.00. The Balaban J connectivity index is 1.99. The minimum atomic E-state index is -3.88. The van der Waals surface area contributed by atoms with E-state index < -0.39 is 15.8 Å². The SMILES string of the molecule is CNCC1CC(Oc2ccc(S(N)(=O)=O)cc2F)C1. The summed E-state index contributed by atoms with van der Waals surface area (Å²) < 4.78 is 41.3. The van der Waals surface area contributed by atoms with Crippen molar-refractivity contribution in [3.63, 3.8) is 0 Å². The number of halogens is 1. The number of ether oxygens (including phenoxy) is 1. The zero-order chi connectivity index (χ0) is 14.0. The molecule has 0 unspecified atom stereocenters. The molecule has 1 saturated carbocycles. The molecule has 19 heavy (non-hydrogen) atoms. The molecule has 1 aromatic carbocycles. The molecule has 0 bridgehead atoms. The fraction of sp³-hybridized carbons (Fsp3) is 0.500. The van der Waals surface area contributed by atoms with Crippen LogP contribution in [0, 0.1) is 11.7 Å². The van der Waals surface area contributed by atoms with Gasteiger partial charge in [-0.3, -0.25) is 0 Å². The van der Waals surface area contributed by atoms with E-state index in [2.05, 4.69) is 5.32 Å². The number of nitrogens with one attached hydrogen (secondary N) is 1. The first-order valence-electron chi connectivity index (χ1n) is 6.03. The van der Waals surface area contributed by atoms with Crippen molar-refractivity contribution < 1.29 is 17.5 Å². The molecule has 7 heteroatoms. The summed E-state index contributed by atoms with van der Waals surface area (Å²) in [6.07, 6.45) is 1.74. The van der Waals surface area contributed by atoms with E-state index in [-0.39, 0.29) is 16.7 Å². The molecule has 106 valence electrons. The molecule has 0 radical (unpaired) electrons. The fourth-order valence-corrected chi connectivity index (χ4v) is 2.69. The van der Waals surface area contributed by atoms with Crippen molar-refractivity contribution in [1.29, 1.82) is 0 Å². The molecule has 0 aliphatic heterocycles. The summed E-state index contributed by atoms with van der Waals surface area (Å²) >= 11 is 0. The summed E-state index contributed by atoms with van der Waals surface area (Å²) in [6.45, 7) is 0.923. The van der Waals surface area contributed by atoms with Crippen LogP contribution in [0.2, 0.25) is 0 Å². The molecule has 3 N–H and O–H groups in total. The van der Waals surface area contributed by atoms with E-state index in [1.165, 1.54) is 12.1 Å². The molecule has 1 aliphatic rings. The van der Waals surface area contributed by atoms with Crippen LogP contribution in [-0.4, -0.2) is 28.1 Å². The van der Waals surface area contributed by atoms with E-state index in [1.54, 1.807) is 0 Å². The smallest absolute Gasteiger partial charge is 0.238 e. The largest absolute Gasteiger partial charge is 0.487 e. The molecule has 0 saturated heterocycles. The molecular weight excluding hydrogens is 271 g/mol. The van der Waals surface area contributed by atoms with Crippen molar-refractivity contribution >= 4 is 10.0 Å². The molecule has 1 fully saturated rings. The Hall–Kier alpha value is -1.18. The first kappa shape index (κ1) is 14.2. The average molecular weight is 288 g/mol. The van der Waals surface area contributed by atoms with Gasteiger partial charge in [-0.1, -0.05) is 0 Å². The molecule has 2 rings (SSSR count). The summed E-state index contributed by atoms with van der Waals surface area (Å²) in [5.41, 5.74) is 0. The summed E-state index contributed by atoms with van der Waals surface area (Å²) in [5.74, 6) is -0.0781. The third-order valence-corrected chi connectivity index (χ3v) is 4.12. The molecular formula is C12H17FN2O3S.